The van der Waals surface area contributed by atoms with Crippen LogP contribution in [0.15, 0.2) is 59.3 Å². The average molecular weight is 475 g/mol. The SMILES string of the molecule is CCc1ccc(C2CC3C(=O)N(Cc4nc(-c5cccc(OC)c5OC)oc4C)C=CN3N2)cc1. The molecule has 0 saturated carbocycles. The van der Waals surface area contributed by atoms with E-state index in [1.807, 2.05) is 36.3 Å². The molecule has 8 nitrogen and oxygen atoms in total. The van der Waals surface area contributed by atoms with Gasteiger partial charge in [-0.2, -0.15) is 0 Å². The lowest BCUT2D eigenvalue weighted by atomic mass is 9.99. The number of aryl methyl sites for hydroxylation is 2. The fourth-order valence-corrected chi connectivity index (χ4v) is 4.68. The van der Waals surface area contributed by atoms with E-state index in [0.717, 1.165) is 6.42 Å². The third-order valence-electron chi connectivity index (χ3n) is 6.71. The van der Waals surface area contributed by atoms with Crippen molar-refractivity contribution >= 4 is 5.91 Å². The Balaban J connectivity index is 1.32. The van der Waals surface area contributed by atoms with Crippen LogP contribution in [0, 0.1) is 6.92 Å². The van der Waals surface area contributed by atoms with Gasteiger partial charge in [-0.15, -0.1) is 0 Å². The molecule has 2 atom stereocenters. The Morgan fingerprint density at radius 1 is 1.11 bits per heavy atom. The van der Waals surface area contributed by atoms with Crippen molar-refractivity contribution in [2.24, 2.45) is 0 Å². The first kappa shape index (κ1) is 23.0. The van der Waals surface area contributed by atoms with E-state index in [-0.39, 0.29) is 18.0 Å². The maximum atomic E-state index is 13.4. The molecule has 2 unspecified atom stereocenters. The Bertz CT molecular complexity index is 1250. The summed E-state index contributed by atoms with van der Waals surface area (Å²) in [4.78, 5) is 19.8. The molecule has 5 rings (SSSR count). The number of oxazole rings is 1. The van der Waals surface area contributed by atoms with Crippen molar-refractivity contribution in [3.63, 3.8) is 0 Å². The van der Waals surface area contributed by atoms with Crippen molar-refractivity contribution in [3.05, 3.63) is 77.4 Å². The molecule has 8 heteroatoms. The summed E-state index contributed by atoms with van der Waals surface area (Å²) in [7, 11) is 3.18. The van der Waals surface area contributed by atoms with Gasteiger partial charge in [0.15, 0.2) is 11.5 Å². The lowest BCUT2D eigenvalue weighted by Crippen LogP contribution is -2.47. The number of nitrogens with zero attached hydrogens (tertiary/aromatic N) is 3. The summed E-state index contributed by atoms with van der Waals surface area (Å²) >= 11 is 0. The van der Waals surface area contributed by atoms with Crippen molar-refractivity contribution in [2.45, 2.75) is 45.3 Å². The van der Waals surface area contributed by atoms with E-state index in [4.69, 9.17) is 18.9 Å². The van der Waals surface area contributed by atoms with Gasteiger partial charge in [-0.25, -0.2) is 10.4 Å². The lowest BCUT2D eigenvalue weighted by Gasteiger charge is -2.31. The maximum absolute atomic E-state index is 13.4. The molecule has 182 valence electrons. The van der Waals surface area contributed by atoms with Gasteiger partial charge < -0.3 is 23.8 Å². The molecule has 3 heterocycles. The van der Waals surface area contributed by atoms with Gasteiger partial charge in [-0.3, -0.25) is 4.79 Å². The van der Waals surface area contributed by atoms with Gasteiger partial charge in [0.1, 0.15) is 17.5 Å². The first-order valence-electron chi connectivity index (χ1n) is 11.8. The second-order valence-corrected chi connectivity index (χ2v) is 8.76. The number of nitrogens with one attached hydrogen (secondary N) is 1. The molecule has 2 aliphatic rings. The van der Waals surface area contributed by atoms with Gasteiger partial charge in [0.05, 0.1) is 32.4 Å². The van der Waals surface area contributed by atoms with E-state index >= 15 is 0 Å². The van der Waals surface area contributed by atoms with Crippen LogP contribution < -0.4 is 14.9 Å². The smallest absolute Gasteiger partial charge is 0.251 e. The second kappa shape index (κ2) is 9.46. The Morgan fingerprint density at radius 3 is 2.63 bits per heavy atom. The quantitative estimate of drug-likeness (QED) is 0.545. The molecule has 2 aliphatic heterocycles. The summed E-state index contributed by atoms with van der Waals surface area (Å²) in [6, 6.07) is 14.0. The summed E-state index contributed by atoms with van der Waals surface area (Å²) in [5, 5.41) is 1.92. The van der Waals surface area contributed by atoms with Crippen LogP contribution in [0.4, 0.5) is 0 Å². The number of hydrogen-bond donors (Lipinski definition) is 1. The number of fused-ring (bicyclic) bond motifs is 1. The second-order valence-electron chi connectivity index (χ2n) is 8.76. The topological polar surface area (TPSA) is 80.1 Å². The largest absolute Gasteiger partial charge is 0.493 e. The Kier molecular flexibility index (Phi) is 6.21. The number of carbonyl (C=O) groups excluding carboxylic acids is 1. The molecule has 35 heavy (non-hydrogen) atoms. The van der Waals surface area contributed by atoms with Gasteiger partial charge in [-0.1, -0.05) is 37.3 Å². The molecule has 3 aromatic rings. The fourth-order valence-electron chi connectivity index (χ4n) is 4.68. The highest BCUT2D eigenvalue weighted by molar-refractivity contribution is 5.84. The molecule has 1 amide bonds. The van der Waals surface area contributed by atoms with Gasteiger partial charge in [-0.05, 0) is 43.0 Å². The van der Waals surface area contributed by atoms with Gasteiger partial charge >= 0.3 is 0 Å². The number of amides is 1. The number of carbonyl (C=O) groups is 1. The molecule has 2 aromatic carbocycles. The molecular formula is C27H30N4O4. The van der Waals surface area contributed by atoms with E-state index in [1.165, 1.54) is 11.1 Å². The van der Waals surface area contributed by atoms with E-state index in [9.17, 15) is 4.79 Å². The van der Waals surface area contributed by atoms with E-state index in [2.05, 4.69) is 36.6 Å². The van der Waals surface area contributed by atoms with Crippen LogP contribution in [0.5, 0.6) is 11.5 Å². The zero-order valence-corrected chi connectivity index (χ0v) is 20.4. The van der Waals surface area contributed by atoms with Crippen LogP contribution in [0.2, 0.25) is 0 Å². The Labute approximate surface area is 205 Å². The number of benzene rings is 2. The molecule has 1 saturated heterocycles. The number of hydrazine groups is 1. The normalized spacial score (nSPS) is 19.3. The van der Waals surface area contributed by atoms with Crippen LogP contribution in [0.25, 0.3) is 11.5 Å². The zero-order valence-electron chi connectivity index (χ0n) is 20.4. The predicted octanol–water partition coefficient (Wildman–Crippen LogP) is 4.36. The minimum absolute atomic E-state index is 0.0376. The molecule has 1 fully saturated rings. The third kappa shape index (κ3) is 4.25. The highest BCUT2D eigenvalue weighted by Crippen LogP contribution is 2.38. The standard InChI is InChI=1S/C27H30N4O4/c1-5-18-9-11-19(12-10-18)21-15-23-27(32)30(13-14-31(23)29-21)16-22-17(2)35-26(28-22)20-7-6-8-24(33-3)25(20)34-4/h6-14,21,23,29H,5,15-16H2,1-4H3. The average Bonchev–Trinajstić information content (AvgIpc) is 3.49. The molecule has 0 bridgehead atoms. The number of rotatable bonds is 7. The number of hydrogen-bond acceptors (Lipinski definition) is 7. The molecule has 1 N–H and O–H groups in total. The van der Waals surface area contributed by atoms with Crippen molar-refractivity contribution in [1.82, 2.24) is 20.3 Å². The maximum Gasteiger partial charge on any atom is 0.251 e. The minimum Gasteiger partial charge on any atom is -0.493 e. The monoisotopic (exact) mass is 474 g/mol. The van der Waals surface area contributed by atoms with E-state index < -0.39 is 0 Å². The van der Waals surface area contributed by atoms with Crippen LogP contribution in [0.1, 0.15) is 42.0 Å². The minimum atomic E-state index is -0.263. The summed E-state index contributed by atoms with van der Waals surface area (Å²) < 4.78 is 16.9. The number of aromatic nitrogens is 1. The summed E-state index contributed by atoms with van der Waals surface area (Å²) in [5.74, 6) is 2.29. The number of para-hydroxylation sites is 1. The van der Waals surface area contributed by atoms with E-state index in [1.54, 1.807) is 25.3 Å². The van der Waals surface area contributed by atoms with Crippen molar-refractivity contribution in [2.75, 3.05) is 14.2 Å². The van der Waals surface area contributed by atoms with Crippen LogP contribution in [-0.4, -0.2) is 41.1 Å². The van der Waals surface area contributed by atoms with Crippen molar-refractivity contribution in [1.29, 1.82) is 0 Å². The van der Waals surface area contributed by atoms with Gasteiger partial charge in [0, 0.05) is 12.4 Å². The molecule has 0 aliphatic carbocycles. The predicted molar refractivity (Wildman–Crippen MR) is 131 cm³/mol. The van der Waals surface area contributed by atoms with Crippen molar-refractivity contribution in [3.8, 4) is 23.0 Å². The molecular weight excluding hydrogens is 444 g/mol. The molecule has 0 radical (unpaired) electrons. The number of ether oxygens (including phenoxy) is 2. The van der Waals surface area contributed by atoms with Crippen LogP contribution in [-0.2, 0) is 17.8 Å². The Hall–Kier alpha value is -3.78. The highest BCUT2D eigenvalue weighted by atomic mass is 16.5. The first-order valence-corrected chi connectivity index (χ1v) is 11.8. The number of methoxy groups -OCH3 is 2. The summed E-state index contributed by atoms with van der Waals surface area (Å²) in [5.41, 5.74) is 7.36. The van der Waals surface area contributed by atoms with Crippen LogP contribution >= 0.6 is 0 Å². The van der Waals surface area contributed by atoms with E-state index in [0.29, 0.717) is 47.4 Å². The zero-order chi connectivity index (χ0) is 24.5. The van der Waals surface area contributed by atoms with Gasteiger partial charge in [0.2, 0.25) is 5.89 Å². The first-order chi connectivity index (χ1) is 17.0. The van der Waals surface area contributed by atoms with Crippen molar-refractivity contribution < 1.29 is 18.7 Å². The van der Waals surface area contributed by atoms with Crippen LogP contribution in [0.3, 0.4) is 0 Å². The Morgan fingerprint density at radius 2 is 1.91 bits per heavy atom. The fraction of sp³-hybridized carbons (Fsp3) is 0.333. The third-order valence-corrected chi connectivity index (χ3v) is 6.71. The highest BCUT2D eigenvalue weighted by Gasteiger charge is 2.40. The molecule has 1 aromatic heterocycles. The molecule has 0 spiro atoms. The van der Waals surface area contributed by atoms with Gasteiger partial charge in [0.25, 0.3) is 5.91 Å². The summed E-state index contributed by atoms with van der Waals surface area (Å²) in [6.07, 6.45) is 5.44. The lowest BCUT2D eigenvalue weighted by molar-refractivity contribution is -0.135. The summed E-state index contributed by atoms with van der Waals surface area (Å²) in [6.45, 7) is 4.33.